The number of anilines is 3. The Bertz CT molecular complexity index is 4240. The number of nitrogens with one attached hydrogen (secondary N) is 2. The smallest absolute Gasteiger partial charge is 0.325 e. The zero-order valence-electron chi connectivity index (χ0n) is 61.3. The largest absolute Gasteiger partial charge is 0.495 e. The number of amides is 5. The van der Waals surface area contributed by atoms with Crippen molar-refractivity contribution in [1.29, 1.82) is 15.8 Å². The Balaban J connectivity index is 0.000000174. The monoisotopic (exact) mass is 1560 g/mol. The van der Waals surface area contributed by atoms with E-state index in [4.69, 9.17) is 68.0 Å². The molecule has 0 aliphatic carbocycles. The van der Waals surface area contributed by atoms with Gasteiger partial charge in [-0.3, -0.25) is 28.8 Å². The van der Waals surface area contributed by atoms with Crippen molar-refractivity contribution in [2.75, 3.05) is 135 Å². The van der Waals surface area contributed by atoms with Crippen LogP contribution in [0.25, 0.3) is 0 Å². The van der Waals surface area contributed by atoms with Crippen LogP contribution in [0.15, 0.2) is 109 Å². The zero-order chi connectivity index (χ0) is 78.3. The van der Waals surface area contributed by atoms with Gasteiger partial charge in [-0.15, -0.1) is 0 Å². The van der Waals surface area contributed by atoms with Crippen molar-refractivity contribution >= 4 is 87.4 Å². The Morgan fingerprint density at radius 3 is 0.963 bits per heavy atom. The third-order valence-electron chi connectivity index (χ3n) is 20.5. The number of hydrogen-bond acceptors (Lipinski definition) is 19. The van der Waals surface area contributed by atoms with E-state index in [2.05, 4.69) is 28.8 Å². The summed E-state index contributed by atoms with van der Waals surface area (Å²) in [5.41, 5.74) is 2.58. The van der Waals surface area contributed by atoms with Gasteiger partial charge in [0.2, 0.25) is 11.8 Å². The van der Waals surface area contributed by atoms with Gasteiger partial charge in [0.15, 0.2) is 18.3 Å². The van der Waals surface area contributed by atoms with Gasteiger partial charge in [0.1, 0.15) is 58.5 Å². The van der Waals surface area contributed by atoms with E-state index in [-0.39, 0.29) is 92.9 Å². The van der Waals surface area contributed by atoms with Crippen molar-refractivity contribution in [2.45, 2.75) is 83.0 Å². The van der Waals surface area contributed by atoms with Crippen molar-refractivity contribution in [3.63, 3.8) is 0 Å². The predicted molar refractivity (Wildman–Crippen MR) is 401 cm³/mol. The molecule has 3 unspecified atom stereocenters. The molecule has 3 fully saturated rings. The second kappa shape index (κ2) is 36.1. The summed E-state index contributed by atoms with van der Waals surface area (Å²) >= 11 is 18.9. The molecule has 0 spiro atoms. The Morgan fingerprint density at radius 1 is 0.459 bits per heavy atom. The standard InChI is InChI=1S/C27H29ClFN3O5.2C26H28ClFN4O4/c1-3-36-25(33)16-32-15-24(37-23-13-22(35-2)20(28)12-21(23)32)26(34)31-10-8-27(17-30,9-11-31)14-18-4-6-19(29)7-5-18;2*1-30-24(33)15-32-14-23(36-22-12-21(35-2)19(27)11-20(22)32)25(34)31-9-7-26(16-29,8-10-31)13-17-3-5-18(28)6-4-17/h4-7,12-13,24H,3,8-11,14-16H2,1-2H3;2*3-6,11-12,23H,7-10,13-15H2,1-2H3,(H,30,33). The van der Waals surface area contributed by atoms with E-state index in [0.29, 0.717) is 164 Å². The van der Waals surface area contributed by atoms with Gasteiger partial charge in [0.25, 0.3) is 17.7 Å². The van der Waals surface area contributed by atoms with E-state index in [9.17, 15) is 57.7 Å². The zero-order valence-corrected chi connectivity index (χ0v) is 63.5. The molecule has 0 radical (unpaired) electrons. The number of nitrogens with zero attached hydrogens (tertiary/aromatic N) is 9. The number of benzene rings is 6. The summed E-state index contributed by atoms with van der Waals surface area (Å²) in [4.78, 5) is 87.4. The highest BCUT2D eigenvalue weighted by molar-refractivity contribution is 6.33. The fourth-order valence-electron chi connectivity index (χ4n) is 14.3. The van der Waals surface area contributed by atoms with Crippen LogP contribution in [0.4, 0.5) is 30.2 Å². The highest BCUT2D eigenvalue weighted by Gasteiger charge is 2.45. The summed E-state index contributed by atoms with van der Waals surface area (Å²) < 4.78 is 79.1. The van der Waals surface area contributed by atoms with Gasteiger partial charge in [-0.2, -0.15) is 15.8 Å². The lowest BCUT2D eigenvalue weighted by Gasteiger charge is -2.41. The molecule has 2 N–H and O–H groups in total. The molecule has 0 saturated carbocycles. The maximum Gasteiger partial charge on any atom is 0.325 e. The second-order valence-electron chi connectivity index (χ2n) is 27.5. The highest BCUT2D eigenvalue weighted by atomic mass is 35.5. The molecule has 0 aromatic heterocycles. The number of nitriles is 3. The topological polar surface area (TPSA) is 282 Å². The van der Waals surface area contributed by atoms with E-state index in [1.807, 2.05) is 0 Å². The molecule has 5 amide bonds. The molecule has 24 nitrogen and oxygen atoms in total. The van der Waals surface area contributed by atoms with E-state index in [1.165, 1.54) is 57.7 Å². The Labute approximate surface area is 645 Å². The van der Waals surface area contributed by atoms with Crippen LogP contribution in [-0.4, -0.2) is 189 Å². The second-order valence-corrected chi connectivity index (χ2v) is 28.8. The van der Waals surface area contributed by atoms with E-state index in [0.717, 1.165) is 16.7 Å². The quantitative estimate of drug-likeness (QED) is 0.0713. The summed E-state index contributed by atoms with van der Waals surface area (Å²) in [5, 5.41) is 36.1. The summed E-state index contributed by atoms with van der Waals surface area (Å²) in [5.74, 6) is -0.0253. The molecule has 6 aromatic carbocycles. The minimum absolute atomic E-state index is 0.0362. The fourth-order valence-corrected chi connectivity index (χ4v) is 15.0. The van der Waals surface area contributed by atoms with Gasteiger partial charge < -0.3 is 73.2 Å². The number of rotatable bonds is 19. The summed E-state index contributed by atoms with van der Waals surface area (Å²) in [6.45, 7) is 4.87. The van der Waals surface area contributed by atoms with Gasteiger partial charge in [-0.05, 0) is 136 Å². The van der Waals surface area contributed by atoms with Crippen LogP contribution in [-0.2, 0) is 52.8 Å². The lowest BCUT2D eigenvalue weighted by Crippen LogP contribution is -2.54. The van der Waals surface area contributed by atoms with Crippen molar-refractivity contribution in [3.05, 3.63) is 158 Å². The van der Waals surface area contributed by atoms with E-state index < -0.39 is 40.5 Å². The number of carbonyl (C=O) groups is 6. The Morgan fingerprint density at radius 2 is 0.725 bits per heavy atom. The maximum atomic E-state index is 13.5. The molecule has 12 rings (SSSR count). The van der Waals surface area contributed by atoms with Gasteiger partial charge in [0, 0.05) is 71.6 Å². The minimum Gasteiger partial charge on any atom is -0.495 e. The predicted octanol–water partition coefficient (Wildman–Crippen LogP) is 10.3. The first-order valence-electron chi connectivity index (χ1n) is 35.6. The van der Waals surface area contributed by atoms with Gasteiger partial charge >= 0.3 is 5.97 Å². The summed E-state index contributed by atoms with van der Waals surface area (Å²) in [7, 11) is 7.56. The van der Waals surface area contributed by atoms with Crippen molar-refractivity contribution < 1.29 is 75.1 Å². The van der Waals surface area contributed by atoms with E-state index >= 15 is 0 Å². The van der Waals surface area contributed by atoms with Crippen molar-refractivity contribution in [2.24, 2.45) is 16.2 Å². The van der Waals surface area contributed by atoms with Crippen LogP contribution in [0.3, 0.4) is 0 Å². The Hall–Kier alpha value is -10.5. The number of likely N-dealkylation sites (N-methyl/N-ethyl adjacent to an activating group) is 2. The molecule has 0 bridgehead atoms. The Kier molecular flexibility index (Phi) is 26.8. The molecule has 6 heterocycles. The number of likely N-dealkylation sites (tertiary alicyclic amines) is 3. The first-order chi connectivity index (χ1) is 52.3. The third-order valence-corrected chi connectivity index (χ3v) is 21.4. The third kappa shape index (κ3) is 19.7. The van der Waals surface area contributed by atoms with Crippen LogP contribution in [0.5, 0.6) is 34.5 Å². The highest BCUT2D eigenvalue weighted by Crippen LogP contribution is 2.46. The lowest BCUT2D eigenvalue weighted by molar-refractivity contribution is -0.143. The van der Waals surface area contributed by atoms with Crippen molar-refractivity contribution in [3.8, 4) is 52.7 Å². The average Bonchev–Trinajstić information content (AvgIpc) is 0.758. The molecule has 576 valence electrons. The van der Waals surface area contributed by atoms with E-state index in [1.54, 1.807) is 123 Å². The van der Waals surface area contributed by atoms with Crippen LogP contribution in [0.1, 0.15) is 62.1 Å². The van der Waals surface area contributed by atoms with Crippen LogP contribution < -0.4 is 53.8 Å². The normalized spacial score (nSPS) is 18.4. The molecule has 6 aromatic rings. The van der Waals surface area contributed by atoms with Gasteiger partial charge in [0.05, 0.1) is 127 Å². The molecule has 109 heavy (non-hydrogen) atoms. The average molecular weight is 1560 g/mol. The lowest BCUT2D eigenvalue weighted by atomic mass is 9.75. The number of ether oxygens (including phenoxy) is 7. The fraction of sp³-hybridized carbons (Fsp3) is 0.430. The van der Waals surface area contributed by atoms with Crippen LogP contribution in [0, 0.1) is 67.7 Å². The molecule has 30 heteroatoms. The molecular weight excluding hydrogens is 1470 g/mol. The number of carbonyl (C=O) groups excluding carboxylic acids is 6. The first kappa shape index (κ1) is 81.0. The van der Waals surface area contributed by atoms with Gasteiger partial charge in [-0.25, -0.2) is 13.2 Å². The van der Waals surface area contributed by atoms with Gasteiger partial charge in [-0.1, -0.05) is 71.2 Å². The number of halogens is 6. The molecular formula is C79H85Cl3F3N11O13. The van der Waals surface area contributed by atoms with Crippen molar-refractivity contribution in [1.82, 2.24) is 25.3 Å². The summed E-state index contributed by atoms with van der Waals surface area (Å²) in [6, 6.07) is 35.7. The molecule has 3 saturated heterocycles. The minimum atomic E-state index is -0.862. The maximum absolute atomic E-state index is 13.5. The first-order valence-corrected chi connectivity index (χ1v) is 36.7. The number of fused-ring (bicyclic) bond motifs is 3. The van der Waals surface area contributed by atoms with Crippen LogP contribution in [0.2, 0.25) is 15.1 Å². The number of hydrogen-bond donors (Lipinski definition) is 2. The number of esters is 1. The SMILES string of the molecule is CCOC(=O)CN1CC(C(=O)N2CCC(C#N)(Cc3ccc(F)cc3)CC2)Oc2cc(OC)c(Cl)cc21.CNC(=O)CN1CC(C(=O)N2CCC(C#N)(Cc3ccc(F)cc3)CC2)Oc2cc(OC)c(Cl)cc21.CNC(=O)CN1CC(C(=O)N2CCC(C#N)(Cc3ccc(F)cc3)CC2)Oc2cc(OC)c(Cl)cc21. The molecule has 6 aliphatic heterocycles. The molecule has 6 aliphatic rings. The molecule has 3 atom stereocenters. The summed E-state index contributed by atoms with van der Waals surface area (Å²) in [6.07, 6.45) is 1.95. The van der Waals surface area contributed by atoms with Crippen LogP contribution >= 0.6 is 34.8 Å². The number of piperidine rings is 3. The number of methoxy groups -OCH3 is 3.